The van der Waals surface area contributed by atoms with E-state index in [-0.39, 0.29) is 0 Å². The fraction of sp³-hybridized carbons (Fsp3) is 0.278. The van der Waals surface area contributed by atoms with Gasteiger partial charge in [-0.15, -0.1) is 0 Å². The highest BCUT2D eigenvalue weighted by Gasteiger charge is 2.14. The molecule has 0 unspecified atom stereocenters. The summed E-state index contributed by atoms with van der Waals surface area (Å²) in [5, 5.41) is 0. The Balaban J connectivity index is 1.70. The van der Waals surface area contributed by atoms with E-state index in [0.29, 0.717) is 17.9 Å². The Hall–Kier alpha value is -2.18. The summed E-state index contributed by atoms with van der Waals surface area (Å²) in [6.45, 7) is 6.21. The number of benzene rings is 1. The van der Waals surface area contributed by atoms with Crippen molar-refractivity contribution in [3.63, 3.8) is 0 Å². The number of nitrogens with one attached hydrogen (secondary N) is 1. The lowest BCUT2D eigenvalue weighted by Gasteiger charge is -2.08. The van der Waals surface area contributed by atoms with Gasteiger partial charge in [-0.2, -0.15) is 0 Å². The molecule has 2 aromatic heterocycles. The molecule has 24 heavy (non-hydrogen) atoms. The van der Waals surface area contributed by atoms with Crippen LogP contribution in [0.2, 0.25) is 0 Å². The van der Waals surface area contributed by atoms with Gasteiger partial charge in [0, 0.05) is 24.9 Å². The van der Waals surface area contributed by atoms with E-state index in [0.717, 1.165) is 28.2 Å². The third kappa shape index (κ3) is 3.34. The fourth-order valence-electron chi connectivity index (χ4n) is 2.60. The molecule has 1 aromatic carbocycles. The SMILES string of the molecule is Cc1ccc(S(=O)(=O)NCCc2cn3c(C)cccc3n2)cc1C. The quantitative estimate of drug-likeness (QED) is 0.775. The predicted molar refractivity (Wildman–Crippen MR) is 94.7 cm³/mol. The minimum absolute atomic E-state index is 0.302. The van der Waals surface area contributed by atoms with Gasteiger partial charge in [-0.25, -0.2) is 18.1 Å². The molecule has 0 aliphatic carbocycles. The van der Waals surface area contributed by atoms with E-state index >= 15 is 0 Å². The van der Waals surface area contributed by atoms with E-state index in [1.807, 2.05) is 55.6 Å². The molecule has 0 radical (unpaired) electrons. The zero-order valence-corrected chi connectivity index (χ0v) is 14.9. The Bertz CT molecular complexity index is 991. The zero-order valence-electron chi connectivity index (χ0n) is 14.1. The normalized spacial score (nSPS) is 12.0. The molecular formula is C18H21N3O2S. The van der Waals surface area contributed by atoms with Crippen LogP contribution in [0.5, 0.6) is 0 Å². The third-order valence-electron chi connectivity index (χ3n) is 4.21. The summed E-state index contributed by atoms with van der Waals surface area (Å²) in [5.74, 6) is 0. The molecular weight excluding hydrogens is 322 g/mol. The first-order valence-corrected chi connectivity index (χ1v) is 9.36. The standard InChI is InChI=1S/C18H21N3O2S/c1-13-7-8-17(11-14(13)2)24(22,23)19-10-9-16-12-21-15(3)5-4-6-18(21)20-16/h4-8,11-12,19H,9-10H2,1-3H3. The molecule has 0 bridgehead atoms. The maximum absolute atomic E-state index is 12.4. The molecule has 126 valence electrons. The molecule has 0 aliphatic heterocycles. The molecule has 0 amide bonds. The maximum Gasteiger partial charge on any atom is 0.240 e. The third-order valence-corrected chi connectivity index (χ3v) is 5.67. The van der Waals surface area contributed by atoms with Crippen LogP contribution < -0.4 is 4.72 Å². The van der Waals surface area contributed by atoms with Gasteiger partial charge < -0.3 is 4.40 Å². The molecule has 5 nitrogen and oxygen atoms in total. The molecule has 0 atom stereocenters. The second-order valence-corrected chi connectivity index (χ2v) is 7.79. The number of hydrogen-bond acceptors (Lipinski definition) is 3. The summed E-state index contributed by atoms with van der Waals surface area (Å²) in [7, 11) is -3.49. The fourth-order valence-corrected chi connectivity index (χ4v) is 3.71. The summed E-state index contributed by atoms with van der Waals surface area (Å²) in [5.41, 5.74) is 4.89. The van der Waals surface area contributed by atoms with Gasteiger partial charge in [-0.3, -0.25) is 0 Å². The summed E-state index contributed by atoms with van der Waals surface area (Å²) in [4.78, 5) is 4.82. The molecule has 1 N–H and O–H groups in total. The van der Waals surface area contributed by atoms with Gasteiger partial charge in [0.25, 0.3) is 0 Å². The van der Waals surface area contributed by atoms with E-state index in [1.54, 1.807) is 12.1 Å². The summed E-state index contributed by atoms with van der Waals surface area (Å²) in [6, 6.07) is 11.1. The highest BCUT2D eigenvalue weighted by Crippen LogP contribution is 2.15. The zero-order chi connectivity index (χ0) is 17.3. The minimum Gasteiger partial charge on any atom is -0.304 e. The number of fused-ring (bicyclic) bond motifs is 1. The van der Waals surface area contributed by atoms with Crippen molar-refractivity contribution >= 4 is 15.7 Å². The number of imidazole rings is 1. The number of pyridine rings is 1. The van der Waals surface area contributed by atoms with Crippen LogP contribution >= 0.6 is 0 Å². The molecule has 0 aliphatic rings. The molecule has 6 heteroatoms. The number of rotatable bonds is 5. The number of aryl methyl sites for hydroxylation is 3. The molecule has 0 saturated heterocycles. The molecule has 0 spiro atoms. The lowest BCUT2D eigenvalue weighted by molar-refractivity contribution is 0.581. The second kappa shape index (κ2) is 6.37. The molecule has 0 saturated carbocycles. The first-order valence-electron chi connectivity index (χ1n) is 7.87. The predicted octanol–water partition coefficient (Wildman–Crippen LogP) is 2.78. The topological polar surface area (TPSA) is 63.5 Å². The highest BCUT2D eigenvalue weighted by molar-refractivity contribution is 7.89. The smallest absolute Gasteiger partial charge is 0.240 e. The van der Waals surface area contributed by atoms with Gasteiger partial charge in [0.2, 0.25) is 10.0 Å². The molecule has 0 fully saturated rings. The number of nitrogens with zero attached hydrogens (tertiary/aromatic N) is 2. The Morgan fingerprint density at radius 3 is 2.58 bits per heavy atom. The summed E-state index contributed by atoms with van der Waals surface area (Å²) in [6.07, 6.45) is 2.50. The Kier molecular flexibility index (Phi) is 4.43. The van der Waals surface area contributed by atoms with Crippen LogP contribution in [0.1, 0.15) is 22.5 Å². The van der Waals surface area contributed by atoms with Crippen molar-refractivity contribution in [2.24, 2.45) is 0 Å². The van der Waals surface area contributed by atoms with Crippen molar-refractivity contribution in [1.82, 2.24) is 14.1 Å². The van der Waals surface area contributed by atoms with E-state index < -0.39 is 10.0 Å². The van der Waals surface area contributed by atoms with Crippen LogP contribution in [-0.4, -0.2) is 24.3 Å². The van der Waals surface area contributed by atoms with Gasteiger partial charge in [0.05, 0.1) is 10.6 Å². The van der Waals surface area contributed by atoms with Crippen LogP contribution in [-0.2, 0) is 16.4 Å². The van der Waals surface area contributed by atoms with Gasteiger partial charge in [-0.1, -0.05) is 12.1 Å². The average molecular weight is 343 g/mol. The second-order valence-electron chi connectivity index (χ2n) is 6.02. The average Bonchev–Trinajstić information content (AvgIpc) is 2.94. The first-order chi connectivity index (χ1) is 11.4. The number of sulfonamides is 1. The maximum atomic E-state index is 12.4. The lowest BCUT2D eigenvalue weighted by atomic mass is 10.1. The van der Waals surface area contributed by atoms with Gasteiger partial charge in [-0.05, 0) is 56.2 Å². The lowest BCUT2D eigenvalue weighted by Crippen LogP contribution is -2.26. The van der Waals surface area contributed by atoms with Crippen molar-refractivity contribution in [3.05, 3.63) is 65.1 Å². The van der Waals surface area contributed by atoms with Crippen molar-refractivity contribution in [2.75, 3.05) is 6.54 Å². The van der Waals surface area contributed by atoms with Crippen molar-refractivity contribution in [3.8, 4) is 0 Å². The van der Waals surface area contributed by atoms with E-state index in [4.69, 9.17) is 0 Å². The van der Waals surface area contributed by atoms with Gasteiger partial charge in [0.1, 0.15) is 5.65 Å². The number of hydrogen-bond donors (Lipinski definition) is 1. The Morgan fingerprint density at radius 1 is 1.08 bits per heavy atom. The monoisotopic (exact) mass is 343 g/mol. The van der Waals surface area contributed by atoms with Crippen molar-refractivity contribution in [1.29, 1.82) is 0 Å². The van der Waals surface area contributed by atoms with E-state index in [9.17, 15) is 8.42 Å². The van der Waals surface area contributed by atoms with Crippen molar-refractivity contribution in [2.45, 2.75) is 32.1 Å². The van der Waals surface area contributed by atoms with Crippen molar-refractivity contribution < 1.29 is 8.42 Å². The highest BCUT2D eigenvalue weighted by atomic mass is 32.2. The Labute approximate surface area is 142 Å². The largest absolute Gasteiger partial charge is 0.304 e. The molecule has 3 rings (SSSR count). The van der Waals surface area contributed by atoms with Gasteiger partial charge in [0.15, 0.2) is 0 Å². The van der Waals surface area contributed by atoms with Gasteiger partial charge >= 0.3 is 0 Å². The van der Waals surface area contributed by atoms with Crippen LogP contribution in [0.3, 0.4) is 0 Å². The van der Waals surface area contributed by atoms with Crippen LogP contribution in [0.4, 0.5) is 0 Å². The van der Waals surface area contributed by atoms with E-state index in [2.05, 4.69) is 9.71 Å². The van der Waals surface area contributed by atoms with Crippen LogP contribution in [0.25, 0.3) is 5.65 Å². The van der Waals surface area contributed by atoms with E-state index in [1.165, 1.54) is 0 Å². The first kappa shape index (κ1) is 16.7. The summed E-state index contributed by atoms with van der Waals surface area (Å²) < 4.78 is 29.4. The summed E-state index contributed by atoms with van der Waals surface area (Å²) >= 11 is 0. The Morgan fingerprint density at radius 2 is 1.88 bits per heavy atom. The van der Waals surface area contributed by atoms with Crippen LogP contribution in [0, 0.1) is 20.8 Å². The minimum atomic E-state index is -3.49. The molecule has 2 heterocycles. The number of aromatic nitrogens is 2. The van der Waals surface area contributed by atoms with Crippen LogP contribution in [0.15, 0.2) is 47.5 Å². The molecule has 3 aromatic rings.